The second-order valence-electron chi connectivity index (χ2n) is 5.85. The Morgan fingerprint density at radius 2 is 1.89 bits per heavy atom. The van der Waals surface area contributed by atoms with Crippen molar-refractivity contribution in [3.05, 3.63) is 18.2 Å². The van der Waals surface area contributed by atoms with Gasteiger partial charge < -0.3 is 15.4 Å². The molecule has 0 amide bonds. The summed E-state index contributed by atoms with van der Waals surface area (Å²) < 4.78 is 5.54. The van der Waals surface area contributed by atoms with E-state index in [1.165, 1.54) is 0 Å². The molecule has 0 aliphatic heterocycles. The molecule has 0 aromatic heterocycles. The zero-order valence-electron chi connectivity index (χ0n) is 12.4. The lowest BCUT2D eigenvalue weighted by Crippen LogP contribution is -2.39. The molecular formula is C15H26N2O. The lowest BCUT2D eigenvalue weighted by atomic mass is 9.87. The van der Waals surface area contributed by atoms with Gasteiger partial charge in [-0.15, -0.1) is 0 Å². The van der Waals surface area contributed by atoms with Crippen LogP contribution in [0.25, 0.3) is 0 Å². The Kier molecular flexibility index (Phi) is 4.49. The highest BCUT2D eigenvalue weighted by atomic mass is 16.5. The summed E-state index contributed by atoms with van der Waals surface area (Å²) in [7, 11) is 2.10. The summed E-state index contributed by atoms with van der Waals surface area (Å²) in [4.78, 5) is 2.25. The Labute approximate surface area is 111 Å². The average molecular weight is 250 g/mol. The van der Waals surface area contributed by atoms with Crippen LogP contribution in [0, 0.1) is 5.41 Å². The minimum absolute atomic E-state index is 0.213. The molecule has 102 valence electrons. The normalized spacial score (nSPS) is 13.2. The maximum atomic E-state index is 5.93. The minimum Gasteiger partial charge on any atom is -0.494 e. The summed E-state index contributed by atoms with van der Waals surface area (Å²) in [6, 6.07) is 6.31. The number of nitrogens with two attached hydrogens (primary N) is 1. The van der Waals surface area contributed by atoms with Crippen molar-refractivity contribution in [3.63, 3.8) is 0 Å². The van der Waals surface area contributed by atoms with Crippen molar-refractivity contribution in [2.45, 2.75) is 40.7 Å². The van der Waals surface area contributed by atoms with Crippen molar-refractivity contribution in [2.24, 2.45) is 5.41 Å². The number of nitrogen functional groups attached to an aromatic ring is 1. The van der Waals surface area contributed by atoms with Crippen molar-refractivity contribution < 1.29 is 4.74 Å². The van der Waals surface area contributed by atoms with Crippen LogP contribution in [0.15, 0.2) is 18.2 Å². The summed E-state index contributed by atoms with van der Waals surface area (Å²) in [6.45, 7) is 11.6. The number of benzene rings is 1. The number of hydrogen-bond acceptors (Lipinski definition) is 3. The number of nitrogens with zero attached hydrogens (tertiary/aromatic N) is 1. The smallest absolute Gasteiger partial charge is 0.123 e. The molecule has 0 heterocycles. The number of rotatable bonds is 4. The molecule has 18 heavy (non-hydrogen) atoms. The summed E-state index contributed by atoms with van der Waals surface area (Å²) in [5.74, 6) is 0.834. The van der Waals surface area contributed by atoms with Gasteiger partial charge in [0.05, 0.1) is 6.61 Å². The number of anilines is 2. The van der Waals surface area contributed by atoms with Crippen LogP contribution in [0.4, 0.5) is 11.4 Å². The second kappa shape index (κ2) is 5.51. The molecule has 0 radical (unpaired) electrons. The van der Waals surface area contributed by atoms with Crippen LogP contribution >= 0.6 is 0 Å². The predicted molar refractivity (Wildman–Crippen MR) is 79.3 cm³/mol. The molecule has 0 aliphatic rings. The molecule has 0 fully saturated rings. The van der Waals surface area contributed by atoms with Gasteiger partial charge in [-0.05, 0) is 25.3 Å². The van der Waals surface area contributed by atoms with Gasteiger partial charge >= 0.3 is 0 Å². The highest BCUT2D eigenvalue weighted by Crippen LogP contribution is 2.31. The van der Waals surface area contributed by atoms with Crippen LogP contribution in [0.5, 0.6) is 5.75 Å². The van der Waals surface area contributed by atoms with Crippen LogP contribution in [0.3, 0.4) is 0 Å². The van der Waals surface area contributed by atoms with Crippen molar-refractivity contribution >= 4 is 11.4 Å². The lowest BCUT2D eigenvalue weighted by molar-refractivity contribution is 0.327. The fourth-order valence-corrected chi connectivity index (χ4v) is 1.86. The summed E-state index contributed by atoms with van der Waals surface area (Å²) in [5.41, 5.74) is 7.98. The molecule has 1 unspecified atom stereocenters. The van der Waals surface area contributed by atoms with E-state index < -0.39 is 0 Å². The van der Waals surface area contributed by atoms with Gasteiger partial charge in [0.2, 0.25) is 0 Å². The molecule has 1 aromatic carbocycles. The van der Waals surface area contributed by atoms with E-state index in [9.17, 15) is 0 Å². The van der Waals surface area contributed by atoms with Gasteiger partial charge in [0, 0.05) is 36.6 Å². The highest BCUT2D eigenvalue weighted by Gasteiger charge is 2.24. The monoisotopic (exact) mass is 250 g/mol. The molecule has 3 nitrogen and oxygen atoms in total. The molecule has 1 aromatic rings. The molecule has 1 atom stereocenters. The largest absolute Gasteiger partial charge is 0.494 e. The first-order valence-corrected chi connectivity index (χ1v) is 6.52. The van der Waals surface area contributed by atoms with E-state index in [4.69, 9.17) is 10.5 Å². The lowest BCUT2D eigenvalue weighted by Gasteiger charge is -2.37. The zero-order chi connectivity index (χ0) is 13.9. The van der Waals surface area contributed by atoms with E-state index in [-0.39, 0.29) is 5.41 Å². The molecule has 2 N–H and O–H groups in total. The molecule has 0 bridgehead atoms. The molecule has 0 saturated heterocycles. The molecule has 0 saturated carbocycles. The predicted octanol–water partition coefficient (Wildman–Crippen LogP) is 3.54. The minimum atomic E-state index is 0.213. The van der Waals surface area contributed by atoms with Crippen LogP contribution in [0.2, 0.25) is 0 Å². The Morgan fingerprint density at radius 1 is 1.28 bits per heavy atom. The molecular weight excluding hydrogens is 224 g/mol. The first kappa shape index (κ1) is 14.7. The Bertz CT molecular complexity index is 396. The van der Waals surface area contributed by atoms with Crippen LogP contribution in [0.1, 0.15) is 34.6 Å². The van der Waals surface area contributed by atoms with Gasteiger partial charge in [-0.3, -0.25) is 0 Å². The highest BCUT2D eigenvalue weighted by molar-refractivity contribution is 5.60. The van der Waals surface area contributed by atoms with E-state index >= 15 is 0 Å². The summed E-state index contributed by atoms with van der Waals surface area (Å²) in [6.07, 6.45) is 0. The van der Waals surface area contributed by atoms with Gasteiger partial charge in [-0.2, -0.15) is 0 Å². The van der Waals surface area contributed by atoms with E-state index in [0.29, 0.717) is 12.6 Å². The van der Waals surface area contributed by atoms with Gasteiger partial charge in [0.15, 0.2) is 0 Å². The topological polar surface area (TPSA) is 38.5 Å². The summed E-state index contributed by atoms with van der Waals surface area (Å²) >= 11 is 0. The maximum absolute atomic E-state index is 5.93. The zero-order valence-corrected chi connectivity index (χ0v) is 12.4. The van der Waals surface area contributed by atoms with E-state index in [1.807, 2.05) is 25.1 Å². The van der Waals surface area contributed by atoms with Crippen LogP contribution in [-0.4, -0.2) is 19.7 Å². The van der Waals surface area contributed by atoms with E-state index in [2.05, 4.69) is 39.6 Å². The molecule has 0 spiro atoms. The van der Waals surface area contributed by atoms with E-state index in [1.54, 1.807) is 0 Å². The van der Waals surface area contributed by atoms with Crippen molar-refractivity contribution in [3.8, 4) is 5.75 Å². The van der Waals surface area contributed by atoms with Crippen molar-refractivity contribution in [1.82, 2.24) is 0 Å². The maximum Gasteiger partial charge on any atom is 0.123 e. The fourth-order valence-electron chi connectivity index (χ4n) is 1.86. The summed E-state index contributed by atoms with van der Waals surface area (Å²) in [5, 5.41) is 0. The van der Waals surface area contributed by atoms with Gasteiger partial charge in [-0.25, -0.2) is 0 Å². The average Bonchev–Trinajstić information content (AvgIpc) is 2.25. The standard InChI is InChI=1S/C15H26N2O/c1-7-18-14-9-12(16)8-13(10-14)17(6)11(2)15(3,4)5/h8-11H,7,16H2,1-6H3. The number of ether oxygens (including phenoxy) is 1. The SMILES string of the molecule is CCOc1cc(N)cc(N(C)C(C)C(C)(C)C)c1. The molecule has 0 aliphatic carbocycles. The molecule has 3 heteroatoms. The van der Waals surface area contributed by atoms with Gasteiger partial charge in [0.1, 0.15) is 5.75 Å². The van der Waals surface area contributed by atoms with Crippen molar-refractivity contribution in [1.29, 1.82) is 0 Å². The van der Waals surface area contributed by atoms with Crippen LogP contribution < -0.4 is 15.4 Å². The van der Waals surface area contributed by atoms with Crippen LogP contribution in [-0.2, 0) is 0 Å². The molecule has 1 rings (SSSR count). The van der Waals surface area contributed by atoms with Gasteiger partial charge in [-0.1, -0.05) is 20.8 Å². The second-order valence-corrected chi connectivity index (χ2v) is 5.85. The Hall–Kier alpha value is -1.38. The van der Waals surface area contributed by atoms with Gasteiger partial charge in [0.25, 0.3) is 0 Å². The Morgan fingerprint density at radius 3 is 2.39 bits per heavy atom. The van der Waals surface area contributed by atoms with E-state index in [0.717, 1.165) is 17.1 Å². The quantitative estimate of drug-likeness (QED) is 0.831. The first-order valence-electron chi connectivity index (χ1n) is 6.52. The van der Waals surface area contributed by atoms with Crippen molar-refractivity contribution in [2.75, 3.05) is 24.3 Å². The third kappa shape index (κ3) is 3.56. The third-order valence-corrected chi connectivity index (χ3v) is 3.47. The number of hydrogen-bond donors (Lipinski definition) is 1. The fraction of sp³-hybridized carbons (Fsp3) is 0.600. The third-order valence-electron chi connectivity index (χ3n) is 3.47. The Balaban J connectivity index is 3.01. The first-order chi connectivity index (χ1) is 8.25.